The van der Waals surface area contributed by atoms with Crippen molar-refractivity contribution in [2.45, 2.75) is 11.8 Å². The monoisotopic (exact) mass is 300 g/mol. The zero-order valence-corrected chi connectivity index (χ0v) is 13.3. The van der Waals surface area contributed by atoms with E-state index >= 15 is 0 Å². The van der Waals surface area contributed by atoms with E-state index < -0.39 is 0 Å². The molecular weight excluding hydrogens is 280 g/mol. The first-order valence-corrected chi connectivity index (χ1v) is 7.79. The van der Waals surface area contributed by atoms with Crippen LogP contribution in [0.2, 0.25) is 0 Å². The molecular formula is C18H20O2S. The van der Waals surface area contributed by atoms with E-state index in [4.69, 9.17) is 9.47 Å². The second kappa shape index (κ2) is 7.79. The summed E-state index contributed by atoms with van der Waals surface area (Å²) in [6, 6.07) is 16.0. The summed E-state index contributed by atoms with van der Waals surface area (Å²) in [5.41, 5.74) is 2.21. The third-order valence-electron chi connectivity index (χ3n) is 3.00. The minimum atomic E-state index is 0.548. The first-order valence-electron chi connectivity index (χ1n) is 6.81. The Bertz CT molecular complexity index is 593. The van der Waals surface area contributed by atoms with E-state index in [0.717, 1.165) is 28.4 Å². The summed E-state index contributed by atoms with van der Waals surface area (Å²) in [6.45, 7) is 6.67. The van der Waals surface area contributed by atoms with Crippen LogP contribution < -0.4 is 9.47 Å². The highest BCUT2D eigenvalue weighted by Gasteiger charge is 2.02. The van der Waals surface area contributed by atoms with Crippen molar-refractivity contribution in [3.63, 3.8) is 0 Å². The van der Waals surface area contributed by atoms with Gasteiger partial charge in [0, 0.05) is 10.6 Å². The van der Waals surface area contributed by atoms with Crippen LogP contribution in [0.3, 0.4) is 0 Å². The van der Waals surface area contributed by atoms with E-state index in [0.29, 0.717) is 6.61 Å². The molecule has 3 heteroatoms. The van der Waals surface area contributed by atoms with Gasteiger partial charge in [0.25, 0.3) is 0 Å². The predicted molar refractivity (Wildman–Crippen MR) is 89.5 cm³/mol. The topological polar surface area (TPSA) is 18.5 Å². The molecule has 2 rings (SSSR count). The van der Waals surface area contributed by atoms with Crippen molar-refractivity contribution in [3.8, 4) is 11.5 Å². The maximum atomic E-state index is 5.68. The molecule has 0 amide bonds. The van der Waals surface area contributed by atoms with Gasteiger partial charge < -0.3 is 9.47 Å². The molecule has 0 saturated heterocycles. The molecule has 0 saturated carbocycles. The first-order chi connectivity index (χ1) is 10.2. The van der Waals surface area contributed by atoms with Gasteiger partial charge in [0.15, 0.2) is 0 Å². The van der Waals surface area contributed by atoms with Crippen molar-refractivity contribution in [1.29, 1.82) is 0 Å². The van der Waals surface area contributed by atoms with Gasteiger partial charge in [0.1, 0.15) is 18.1 Å². The van der Waals surface area contributed by atoms with E-state index in [2.05, 4.69) is 25.6 Å². The van der Waals surface area contributed by atoms with Gasteiger partial charge in [-0.2, -0.15) is 0 Å². The molecule has 2 aromatic carbocycles. The van der Waals surface area contributed by atoms with Crippen LogP contribution in [-0.4, -0.2) is 19.5 Å². The SMILES string of the molecule is C=C(COc1ccccc1)CSc1ccc(OC)c(C)c1. The number of aryl methyl sites for hydroxylation is 1. The van der Waals surface area contributed by atoms with Crippen LogP contribution in [0.1, 0.15) is 5.56 Å². The lowest BCUT2D eigenvalue weighted by atomic mass is 10.2. The number of rotatable bonds is 7. The van der Waals surface area contributed by atoms with Crippen LogP contribution >= 0.6 is 11.8 Å². The zero-order valence-electron chi connectivity index (χ0n) is 12.5. The summed E-state index contributed by atoms with van der Waals surface area (Å²) in [5.74, 6) is 2.65. The van der Waals surface area contributed by atoms with Crippen LogP contribution in [0, 0.1) is 6.92 Å². The Hall–Kier alpha value is -1.87. The fraction of sp³-hybridized carbons (Fsp3) is 0.222. The molecule has 0 bridgehead atoms. The molecule has 0 radical (unpaired) electrons. The highest BCUT2D eigenvalue weighted by atomic mass is 32.2. The van der Waals surface area contributed by atoms with Gasteiger partial charge in [-0.25, -0.2) is 0 Å². The summed E-state index contributed by atoms with van der Waals surface area (Å²) in [7, 11) is 1.69. The second-order valence-corrected chi connectivity index (χ2v) is 5.82. The van der Waals surface area contributed by atoms with E-state index in [1.165, 1.54) is 4.90 Å². The highest BCUT2D eigenvalue weighted by Crippen LogP contribution is 2.26. The van der Waals surface area contributed by atoms with Gasteiger partial charge in [-0.05, 0) is 48.4 Å². The molecule has 0 spiro atoms. The average Bonchev–Trinajstić information content (AvgIpc) is 2.52. The Morgan fingerprint density at radius 3 is 2.57 bits per heavy atom. The number of hydrogen-bond acceptors (Lipinski definition) is 3. The number of methoxy groups -OCH3 is 1. The van der Waals surface area contributed by atoms with Crippen molar-refractivity contribution >= 4 is 11.8 Å². The molecule has 0 atom stereocenters. The summed E-state index contributed by atoms with van der Waals surface area (Å²) >= 11 is 1.76. The lowest BCUT2D eigenvalue weighted by molar-refractivity contribution is 0.353. The maximum Gasteiger partial charge on any atom is 0.121 e. The molecule has 2 aromatic rings. The van der Waals surface area contributed by atoms with Gasteiger partial charge in [-0.15, -0.1) is 11.8 Å². The molecule has 0 N–H and O–H groups in total. The molecule has 0 aliphatic heterocycles. The fourth-order valence-electron chi connectivity index (χ4n) is 1.87. The third-order valence-corrected chi connectivity index (χ3v) is 4.14. The highest BCUT2D eigenvalue weighted by molar-refractivity contribution is 7.99. The Morgan fingerprint density at radius 2 is 1.90 bits per heavy atom. The van der Waals surface area contributed by atoms with Gasteiger partial charge in [-0.3, -0.25) is 0 Å². The molecule has 0 fully saturated rings. The minimum absolute atomic E-state index is 0.548. The largest absolute Gasteiger partial charge is 0.496 e. The van der Waals surface area contributed by atoms with Crippen molar-refractivity contribution in [3.05, 3.63) is 66.2 Å². The molecule has 2 nitrogen and oxygen atoms in total. The molecule has 0 aromatic heterocycles. The van der Waals surface area contributed by atoms with Gasteiger partial charge in [-0.1, -0.05) is 24.8 Å². The number of hydrogen-bond donors (Lipinski definition) is 0. The minimum Gasteiger partial charge on any atom is -0.496 e. The molecule has 0 heterocycles. The number of thioether (sulfide) groups is 1. The molecule has 0 unspecified atom stereocenters. The van der Waals surface area contributed by atoms with E-state index in [1.807, 2.05) is 36.4 Å². The summed E-state index contributed by atoms with van der Waals surface area (Å²) in [6.07, 6.45) is 0. The number of ether oxygens (including phenoxy) is 2. The lowest BCUT2D eigenvalue weighted by Gasteiger charge is -2.10. The molecule has 0 aliphatic carbocycles. The molecule has 110 valence electrons. The second-order valence-electron chi connectivity index (χ2n) is 4.77. The summed E-state index contributed by atoms with van der Waals surface area (Å²) in [5, 5.41) is 0. The Kier molecular flexibility index (Phi) is 5.76. The van der Waals surface area contributed by atoms with Crippen LogP contribution in [-0.2, 0) is 0 Å². The lowest BCUT2D eigenvalue weighted by Crippen LogP contribution is -2.02. The van der Waals surface area contributed by atoms with E-state index in [9.17, 15) is 0 Å². The summed E-state index contributed by atoms with van der Waals surface area (Å²) < 4.78 is 10.9. The van der Waals surface area contributed by atoms with Gasteiger partial charge in [0.2, 0.25) is 0 Å². The van der Waals surface area contributed by atoms with E-state index in [1.54, 1.807) is 18.9 Å². The normalized spacial score (nSPS) is 10.2. The van der Waals surface area contributed by atoms with Crippen molar-refractivity contribution in [1.82, 2.24) is 0 Å². The van der Waals surface area contributed by atoms with E-state index in [-0.39, 0.29) is 0 Å². The smallest absolute Gasteiger partial charge is 0.121 e. The first kappa shape index (κ1) is 15.5. The third kappa shape index (κ3) is 4.87. The Morgan fingerprint density at radius 1 is 1.14 bits per heavy atom. The molecule has 21 heavy (non-hydrogen) atoms. The van der Waals surface area contributed by atoms with Crippen molar-refractivity contribution < 1.29 is 9.47 Å². The Balaban J connectivity index is 1.80. The van der Waals surface area contributed by atoms with Crippen LogP contribution in [0.25, 0.3) is 0 Å². The van der Waals surface area contributed by atoms with Crippen molar-refractivity contribution in [2.24, 2.45) is 0 Å². The van der Waals surface area contributed by atoms with Gasteiger partial charge in [0.05, 0.1) is 7.11 Å². The average molecular weight is 300 g/mol. The maximum absolute atomic E-state index is 5.68. The van der Waals surface area contributed by atoms with Crippen LogP contribution in [0.15, 0.2) is 65.6 Å². The quantitative estimate of drug-likeness (QED) is 0.544. The molecule has 0 aliphatic rings. The van der Waals surface area contributed by atoms with Gasteiger partial charge >= 0.3 is 0 Å². The predicted octanol–water partition coefficient (Wildman–Crippen LogP) is 4.73. The number of benzene rings is 2. The standard InChI is InChI=1S/C18H20O2S/c1-14(12-20-16-7-5-4-6-8-16)13-21-17-9-10-18(19-3)15(2)11-17/h4-11H,1,12-13H2,2-3H3. The Labute approximate surface area is 130 Å². The number of para-hydroxylation sites is 1. The fourth-order valence-corrected chi connectivity index (χ4v) is 2.75. The summed E-state index contributed by atoms with van der Waals surface area (Å²) in [4.78, 5) is 1.22. The van der Waals surface area contributed by atoms with Crippen LogP contribution in [0.4, 0.5) is 0 Å². The van der Waals surface area contributed by atoms with Crippen molar-refractivity contribution in [2.75, 3.05) is 19.5 Å². The zero-order chi connectivity index (χ0) is 15.1. The van der Waals surface area contributed by atoms with Crippen LogP contribution in [0.5, 0.6) is 11.5 Å².